The van der Waals surface area contributed by atoms with Gasteiger partial charge in [0.15, 0.2) is 5.13 Å². The molecule has 2 amide bonds. The monoisotopic (exact) mass is 491 g/mol. The molecule has 2 unspecified atom stereocenters. The smallest absolute Gasteiger partial charge is 0.413 e. The first kappa shape index (κ1) is 23.0. The molecule has 180 valence electrons. The van der Waals surface area contributed by atoms with Crippen LogP contribution in [0, 0.1) is 5.92 Å². The summed E-state index contributed by atoms with van der Waals surface area (Å²) in [7, 11) is 0. The second kappa shape index (κ2) is 9.87. The van der Waals surface area contributed by atoms with Crippen molar-refractivity contribution in [2.24, 2.45) is 5.92 Å². The van der Waals surface area contributed by atoms with E-state index in [2.05, 4.69) is 39.9 Å². The van der Waals surface area contributed by atoms with Crippen LogP contribution < -0.4 is 10.6 Å². The number of carboxylic acid groups (broad SMARTS) is 1. The number of amides is 2. The van der Waals surface area contributed by atoms with E-state index >= 15 is 0 Å². The molecule has 35 heavy (non-hydrogen) atoms. The van der Waals surface area contributed by atoms with Crippen LogP contribution in [0.25, 0.3) is 11.1 Å². The topological polar surface area (TPSA) is 118 Å². The molecule has 0 aliphatic heterocycles. The van der Waals surface area contributed by atoms with E-state index < -0.39 is 12.1 Å². The SMILES string of the molecule is O=C(O)CC1CCCC1NC(=O)c1cnc(NC(=O)OCC2c3ccccc3-c3ccccc32)s1. The van der Waals surface area contributed by atoms with Crippen molar-refractivity contribution in [2.45, 2.75) is 37.6 Å². The third kappa shape index (κ3) is 4.90. The number of nitrogens with one attached hydrogen (secondary N) is 2. The Balaban J connectivity index is 1.17. The first-order valence-corrected chi connectivity index (χ1v) is 12.4. The second-order valence-corrected chi connectivity index (χ2v) is 9.88. The number of carbonyl (C=O) groups excluding carboxylic acids is 2. The standard InChI is InChI=1S/C26H25N3O5S/c30-23(31)12-15-6-5-11-21(15)28-24(32)22-13-27-25(35-22)29-26(33)34-14-20-18-9-3-1-7-16(18)17-8-2-4-10-19(17)20/h1-4,7-10,13,15,20-21H,5-6,11-12,14H2,(H,28,32)(H,30,31)(H,27,29,33). The highest BCUT2D eigenvalue weighted by Gasteiger charge is 2.31. The minimum absolute atomic E-state index is 0.0439. The zero-order chi connectivity index (χ0) is 24.4. The fourth-order valence-corrected chi connectivity index (χ4v) is 5.80. The van der Waals surface area contributed by atoms with Crippen LogP contribution in [0.1, 0.15) is 52.4 Å². The molecule has 0 spiro atoms. The number of carboxylic acids is 1. The fraction of sp³-hybridized carbons (Fsp3) is 0.308. The van der Waals surface area contributed by atoms with Gasteiger partial charge in [-0.3, -0.25) is 14.9 Å². The molecule has 3 N–H and O–H groups in total. The van der Waals surface area contributed by atoms with Crippen molar-refractivity contribution in [3.63, 3.8) is 0 Å². The Bertz CT molecular complexity index is 1230. The summed E-state index contributed by atoms with van der Waals surface area (Å²) in [6.07, 6.45) is 3.25. The number of fused-ring (bicyclic) bond motifs is 3. The van der Waals surface area contributed by atoms with Gasteiger partial charge in [0, 0.05) is 12.0 Å². The number of benzene rings is 2. The number of hydrogen-bond acceptors (Lipinski definition) is 6. The largest absolute Gasteiger partial charge is 0.481 e. The van der Waals surface area contributed by atoms with Crippen LogP contribution in [-0.2, 0) is 9.53 Å². The first-order valence-electron chi connectivity index (χ1n) is 11.6. The van der Waals surface area contributed by atoms with Crippen LogP contribution in [0.3, 0.4) is 0 Å². The lowest BCUT2D eigenvalue weighted by Crippen LogP contribution is -2.37. The van der Waals surface area contributed by atoms with Crippen LogP contribution in [0.4, 0.5) is 9.93 Å². The summed E-state index contributed by atoms with van der Waals surface area (Å²) in [5.74, 6) is -1.28. The van der Waals surface area contributed by atoms with Crippen molar-refractivity contribution in [3.8, 4) is 11.1 Å². The van der Waals surface area contributed by atoms with Crippen LogP contribution in [0.5, 0.6) is 0 Å². The number of hydrogen-bond donors (Lipinski definition) is 3. The summed E-state index contributed by atoms with van der Waals surface area (Å²) < 4.78 is 5.53. The Kier molecular flexibility index (Phi) is 6.50. The molecule has 2 aliphatic rings. The summed E-state index contributed by atoms with van der Waals surface area (Å²) in [5.41, 5.74) is 4.56. The van der Waals surface area contributed by atoms with Crippen molar-refractivity contribution in [1.29, 1.82) is 0 Å². The molecular formula is C26H25N3O5S. The Morgan fingerprint density at radius 1 is 1.03 bits per heavy atom. The van der Waals surface area contributed by atoms with Gasteiger partial charge in [-0.1, -0.05) is 66.3 Å². The van der Waals surface area contributed by atoms with Gasteiger partial charge in [-0.25, -0.2) is 9.78 Å². The van der Waals surface area contributed by atoms with E-state index in [0.29, 0.717) is 4.88 Å². The molecule has 3 aromatic rings. The fourth-order valence-electron chi connectivity index (χ4n) is 5.09. The lowest BCUT2D eigenvalue weighted by Gasteiger charge is -2.18. The zero-order valence-electron chi connectivity index (χ0n) is 18.9. The van der Waals surface area contributed by atoms with Gasteiger partial charge in [0.05, 0.1) is 12.6 Å². The number of rotatable bonds is 7. The molecule has 1 saturated carbocycles. The molecule has 2 atom stereocenters. The number of aliphatic carboxylic acids is 1. The Morgan fingerprint density at radius 2 is 1.71 bits per heavy atom. The average molecular weight is 492 g/mol. The summed E-state index contributed by atoms with van der Waals surface area (Å²) >= 11 is 1.05. The second-order valence-electron chi connectivity index (χ2n) is 8.85. The van der Waals surface area contributed by atoms with Crippen LogP contribution in [0.2, 0.25) is 0 Å². The number of thiazole rings is 1. The maximum atomic E-state index is 12.6. The summed E-state index contributed by atoms with van der Waals surface area (Å²) in [6.45, 7) is 0.186. The van der Waals surface area contributed by atoms with Gasteiger partial charge < -0.3 is 15.2 Å². The van der Waals surface area contributed by atoms with Crippen molar-refractivity contribution in [3.05, 3.63) is 70.7 Å². The molecule has 8 nitrogen and oxygen atoms in total. The van der Waals surface area contributed by atoms with Gasteiger partial charge in [-0.2, -0.15) is 0 Å². The van der Waals surface area contributed by atoms with Crippen LogP contribution in [0.15, 0.2) is 54.7 Å². The van der Waals surface area contributed by atoms with Gasteiger partial charge in [0.25, 0.3) is 5.91 Å². The summed E-state index contributed by atoms with van der Waals surface area (Å²) in [5, 5.41) is 14.9. The Morgan fingerprint density at radius 3 is 2.40 bits per heavy atom. The minimum atomic E-state index is -0.858. The summed E-state index contributed by atoms with van der Waals surface area (Å²) in [4.78, 5) is 40.6. The van der Waals surface area contributed by atoms with Crippen LogP contribution in [-0.4, -0.2) is 40.7 Å². The number of aromatic nitrogens is 1. The molecule has 0 radical (unpaired) electrons. The first-order chi connectivity index (χ1) is 17.0. The predicted octanol–water partition coefficient (Wildman–Crippen LogP) is 4.88. The lowest BCUT2D eigenvalue weighted by atomic mass is 9.98. The number of ether oxygens (including phenoxy) is 1. The maximum Gasteiger partial charge on any atom is 0.413 e. The zero-order valence-corrected chi connectivity index (χ0v) is 19.7. The number of anilines is 1. The Hall–Kier alpha value is -3.72. The Labute approximate surface area is 206 Å². The number of carbonyl (C=O) groups is 3. The molecule has 9 heteroatoms. The molecule has 1 aromatic heterocycles. The summed E-state index contributed by atoms with van der Waals surface area (Å²) in [6, 6.07) is 16.1. The van der Waals surface area contributed by atoms with Gasteiger partial charge in [0.2, 0.25) is 0 Å². The molecule has 2 aromatic carbocycles. The van der Waals surface area contributed by atoms with E-state index in [1.165, 1.54) is 6.20 Å². The van der Waals surface area contributed by atoms with E-state index in [0.717, 1.165) is 52.9 Å². The highest BCUT2D eigenvalue weighted by Crippen LogP contribution is 2.44. The molecule has 1 heterocycles. The van der Waals surface area contributed by atoms with E-state index in [4.69, 9.17) is 9.84 Å². The molecular weight excluding hydrogens is 466 g/mol. The predicted molar refractivity (Wildman–Crippen MR) is 132 cm³/mol. The van der Waals surface area contributed by atoms with Gasteiger partial charge in [-0.05, 0) is 41.0 Å². The molecule has 2 aliphatic carbocycles. The van der Waals surface area contributed by atoms with E-state index in [-0.39, 0.29) is 41.9 Å². The normalized spacial score (nSPS) is 18.5. The number of nitrogens with zero attached hydrogens (tertiary/aromatic N) is 1. The maximum absolute atomic E-state index is 12.6. The van der Waals surface area contributed by atoms with Crippen molar-refractivity contribution >= 4 is 34.4 Å². The third-order valence-electron chi connectivity index (χ3n) is 6.69. The van der Waals surface area contributed by atoms with Crippen molar-refractivity contribution < 1.29 is 24.2 Å². The van der Waals surface area contributed by atoms with E-state index in [9.17, 15) is 14.4 Å². The van der Waals surface area contributed by atoms with Gasteiger partial charge >= 0.3 is 12.1 Å². The van der Waals surface area contributed by atoms with Crippen molar-refractivity contribution in [2.75, 3.05) is 11.9 Å². The lowest BCUT2D eigenvalue weighted by molar-refractivity contribution is -0.138. The van der Waals surface area contributed by atoms with E-state index in [1.54, 1.807) is 0 Å². The molecule has 5 rings (SSSR count). The average Bonchev–Trinajstić information content (AvgIpc) is 3.56. The molecule has 0 saturated heterocycles. The minimum Gasteiger partial charge on any atom is -0.481 e. The van der Waals surface area contributed by atoms with Gasteiger partial charge in [0.1, 0.15) is 11.5 Å². The van der Waals surface area contributed by atoms with Crippen molar-refractivity contribution in [1.82, 2.24) is 10.3 Å². The van der Waals surface area contributed by atoms with Crippen LogP contribution >= 0.6 is 11.3 Å². The molecule has 0 bridgehead atoms. The third-order valence-corrected chi connectivity index (χ3v) is 7.61. The molecule has 1 fully saturated rings. The highest BCUT2D eigenvalue weighted by molar-refractivity contribution is 7.17. The van der Waals surface area contributed by atoms with E-state index in [1.807, 2.05) is 24.3 Å². The quantitative estimate of drug-likeness (QED) is 0.434. The van der Waals surface area contributed by atoms with Gasteiger partial charge in [-0.15, -0.1) is 0 Å². The highest BCUT2D eigenvalue weighted by atomic mass is 32.1.